The molecule has 1 saturated heterocycles. The van der Waals surface area contributed by atoms with Crippen LogP contribution in [0.4, 0.5) is 5.69 Å². The van der Waals surface area contributed by atoms with Gasteiger partial charge in [-0.05, 0) is 31.0 Å². The van der Waals surface area contributed by atoms with E-state index in [1.165, 1.54) is 24.1 Å². The Labute approximate surface area is 200 Å². The molecular weight excluding hydrogens is 481 g/mol. The highest BCUT2D eigenvalue weighted by atomic mass is 35.5. The number of likely N-dealkylation sites (tertiary alicyclic amines) is 1. The molecule has 12 heteroatoms. The minimum Gasteiger partial charge on any atom is -0.379 e. The molecule has 6 N–H and O–H groups in total. The van der Waals surface area contributed by atoms with Crippen LogP contribution in [0, 0.1) is 5.92 Å². The molecule has 2 fully saturated rings. The second-order valence-electron chi connectivity index (χ2n) is 7.82. The van der Waals surface area contributed by atoms with Gasteiger partial charge in [-0.15, -0.1) is 23.2 Å². The summed E-state index contributed by atoms with van der Waals surface area (Å²) in [5, 5.41) is 11.9. The van der Waals surface area contributed by atoms with Crippen molar-refractivity contribution >= 4 is 63.9 Å². The van der Waals surface area contributed by atoms with E-state index >= 15 is 0 Å². The number of nitrogens with zero attached hydrogens (tertiary/aromatic N) is 1. The topological polar surface area (TPSA) is 139 Å². The Morgan fingerprint density at radius 1 is 1.34 bits per heavy atom. The van der Waals surface area contributed by atoms with Crippen molar-refractivity contribution < 1.29 is 24.5 Å². The Morgan fingerprint density at radius 2 is 2.03 bits per heavy atom. The maximum Gasteiger partial charge on any atom is 0.313 e. The molecule has 174 valence electrons. The summed E-state index contributed by atoms with van der Waals surface area (Å²) in [7, 11) is 1.50. The smallest absolute Gasteiger partial charge is 0.313 e. The fourth-order valence-corrected chi connectivity index (χ4v) is 4.42. The average molecular weight is 506 g/mol. The van der Waals surface area contributed by atoms with Crippen LogP contribution in [0.1, 0.15) is 18.4 Å². The molecule has 0 unspecified atom stereocenters. The van der Waals surface area contributed by atoms with E-state index in [4.69, 9.17) is 50.7 Å². The lowest BCUT2D eigenvalue weighted by Crippen LogP contribution is -2.52. The SMILES string of the molecule is CO[C@@H]1CCN(C(=O)CNc2cc(Cl)ccc2C(=[NH2+])C(N)=O)[C@@H]1C(=O)NC[C@H]1CC1(Cl)Cl. The summed E-state index contributed by atoms with van der Waals surface area (Å²) in [4.78, 5) is 38.7. The van der Waals surface area contributed by atoms with Gasteiger partial charge >= 0.3 is 5.91 Å². The summed E-state index contributed by atoms with van der Waals surface area (Å²) in [6, 6.07) is 3.84. The Kier molecular flexibility index (Phi) is 7.54. The summed E-state index contributed by atoms with van der Waals surface area (Å²) in [6.07, 6.45) is 0.689. The number of nitrogens with one attached hydrogen (secondary N) is 2. The van der Waals surface area contributed by atoms with Crippen molar-refractivity contribution in [3.63, 3.8) is 0 Å². The predicted octanol–water partition coefficient (Wildman–Crippen LogP) is -0.289. The van der Waals surface area contributed by atoms with E-state index in [0.717, 1.165) is 0 Å². The van der Waals surface area contributed by atoms with Crippen molar-refractivity contribution in [3.8, 4) is 0 Å². The molecule has 1 aliphatic carbocycles. The lowest BCUT2D eigenvalue weighted by atomic mass is 10.1. The first kappa shape index (κ1) is 24.6. The molecular formula is C20H25Cl3N5O4+. The van der Waals surface area contributed by atoms with Gasteiger partial charge in [0.1, 0.15) is 10.4 Å². The summed E-state index contributed by atoms with van der Waals surface area (Å²) in [5.74, 6) is -1.47. The van der Waals surface area contributed by atoms with Crippen molar-refractivity contribution in [2.75, 3.05) is 32.1 Å². The van der Waals surface area contributed by atoms with Crippen LogP contribution in [0.3, 0.4) is 0 Å². The minimum absolute atomic E-state index is 0.0174. The van der Waals surface area contributed by atoms with Crippen LogP contribution in [0.2, 0.25) is 5.02 Å². The zero-order chi connectivity index (χ0) is 23.6. The Morgan fingerprint density at radius 3 is 2.62 bits per heavy atom. The number of halogens is 3. The molecule has 3 amide bonds. The first-order chi connectivity index (χ1) is 15.0. The monoisotopic (exact) mass is 504 g/mol. The number of carbonyl (C=O) groups is 3. The van der Waals surface area contributed by atoms with Crippen molar-refractivity contribution in [2.24, 2.45) is 11.7 Å². The molecule has 9 nitrogen and oxygen atoms in total. The first-order valence-electron chi connectivity index (χ1n) is 9.99. The third kappa shape index (κ3) is 5.46. The quantitative estimate of drug-likeness (QED) is 0.270. The third-order valence-electron chi connectivity index (χ3n) is 5.68. The number of anilines is 1. The van der Waals surface area contributed by atoms with Crippen LogP contribution in [0.5, 0.6) is 0 Å². The van der Waals surface area contributed by atoms with Gasteiger partial charge < -0.3 is 26.0 Å². The van der Waals surface area contributed by atoms with E-state index in [2.05, 4.69) is 10.6 Å². The molecule has 0 bridgehead atoms. The van der Waals surface area contributed by atoms with Crippen LogP contribution >= 0.6 is 34.8 Å². The molecule has 1 aliphatic heterocycles. The van der Waals surface area contributed by atoms with Gasteiger partial charge in [-0.1, -0.05) is 11.6 Å². The van der Waals surface area contributed by atoms with Crippen LogP contribution in [0.25, 0.3) is 0 Å². The largest absolute Gasteiger partial charge is 0.379 e. The standard InChI is InChI=1S/C20H24Cl3N5O4/c1-32-14-4-5-28(17(14)19(31)27-8-10-7-20(10,22)23)15(29)9-26-13-6-11(21)2-3-12(13)16(24)18(25)30/h2-3,6,10,14,17,24,26H,4-5,7-9H2,1H3,(H2,25,30)(H,27,31)/p+1/t10-,14-,17+/m1/s1. The number of rotatable bonds is 9. The number of carbonyl (C=O) groups excluding carboxylic acids is 3. The van der Waals surface area contributed by atoms with Crippen LogP contribution < -0.4 is 21.8 Å². The van der Waals surface area contributed by atoms with Gasteiger partial charge in [0.2, 0.25) is 11.8 Å². The number of alkyl halides is 2. The Bertz CT molecular complexity index is 942. The highest BCUT2D eigenvalue weighted by molar-refractivity contribution is 6.50. The number of nitrogens with two attached hydrogens (primary N) is 2. The fraction of sp³-hybridized carbons (Fsp3) is 0.500. The van der Waals surface area contributed by atoms with Crippen LogP contribution in [-0.2, 0) is 19.1 Å². The molecule has 1 aromatic rings. The predicted molar refractivity (Wildman–Crippen MR) is 122 cm³/mol. The summed E-state index contributed by atoms with van der Waals surface area (Å²) >= 11 is 18.1. The number of amides is 3. The molecule has 3 atom stereocenters. The molecule has 2 aliphatic rings. The van der Waals surface area contributed by atoms with E-state index in [1.54, 1.807) is 6.07 Å². The number of methoxy groups -OCH3 is 1. The van der Waals surface area contributed by atoms with Gasteiger partial charge in [0, 0.05) is 31.1 Å². The number of primary amides is 1. The average Bonchev–Trinajstić information content (AvgIpc) is 3.15. The van der Waals surface area contributed by atoms with E-state index in [0.29, 0.717) is 42.2 Å². The highest BCUT2D eigenvalue weighted by Gasteiger charge is 2.52. The number of benzene rings is 1. The van der Waals surface area contributed by atoms with Crippen molar-refractivity contribution in [1.29, 1.82) is 0 Å². The molecule has 0 aromatic heterocycles. The van der Waals surface area contributed by atoms with Crippen LogP contribution in [-0.4, -0.2) is 71.6 Å². The second kappa shape index (κ2) is 9.82. The van der Waals surface area contributed by atoms with E-state index in [-0.39, 0.29) is 30.0 Å². The second-order valence-corrected chi connectivity index (χ2v) is 9.80. The van der Waals surface area contributed by atoms with Gasteiger partial charge in [0.25, 0.3) is 5.71 Å². The minimum atomic E-state index is -0.804. The lowest BCUT2D eigenvalue weighted by molar-refractivity contribution is -0.139. The lowest BCUT2D eigenvalue weighted by Gasteiger charge is -2.27. The van der Waals surface area contributed by atoms with Gasteiger partial charge in [0.05, 0.1) is 23.9 Å². The molecule has 3 rings (SSSR count). The number of hydrogen-bond acceptors (Lipinski definition) is 5. The van der Waals surface area contributed by atoms with E-state index < -0.39 is 22.4 Å². The van der Waals surface area contributed by atoms with Gasteiger partial charge in [-0.2, -0.15) is 0 Å². The molecule has 0 spiro atoms. The summed E-state index contributed by atoms with van der Waals surface area (Å²) in [5.41, 5.74) is 5.81. The molecule has 1 aromatic carbocycles. The van der Waals surface area contributed by atoms with Crippen LogP contribution in [0.15, 0.2) is 18.2 Å². The number of hydrogen-bond donors (Lipinski definition) is 4. The van der Waals surface area contributed by atoms with Crippen molar-refractivity contribution in [1.82, 2.24) is 10.2 Å². The normalized spacial score (nSPS) is 23.5. The van der Waals surface area contributed by atoms with Crippen molar-refractivity contribution in [2.45, 2.75) is 29.3 Å². The summed E-state index contributed by atoms with van der Waals surface area (Å²) in [6.45, 7) is 0.523. The first-order valence-corrected chi connectivity index (χ1v) is 11.1. The molecule has 1 saturated carbocycles. The highest BCUT2D eigenvalue weighted by Crippen LogP contribution is 2.52. The third-order valence-corrected chi connectivity index (χ3v) is 6.84. The maximum atomic E-state index is 13.0. The maximum absolute atomic E-state index is 13.0. The van der Waals surface area contributed by atoms with Gasteiger partial charge in [0.15, 0.2) is 0 Å². The van der Waals surface area contributed by atoms with E-state index in [9.17, 15) is 14.4 Å². The molecule has 32 heavy (non-hydrogen) atoms. The fourth-order valence-electron chi connectivity index (χ4n) is 3.72. The van der Waals surface area contributed by atoms with Gasteiger partial charge in [-0.25, -0.2) is 5.41 Å². The Hall–Kier alpha value is -2.07. The Balaban J connectivity index is 1.67. The molecule has 1 heterocycles. The van der Waals surface area contributed by atoms with Gasteiger partial charge in [-0.3, -0.25) is 14.4 Å². The molecule has 0 radical (unpaired) electrons. The zero-order valence-electron chi connectivity index (χ0n) is 17.4. The zero-order valence-corrected chi connectivity index (χ0v) is 19.6. The number of ether oxygens (including phenoxy) is 1. The van der Waals surface area contributed by atoms with Crippen molar-refractivity contribution in [3.05, 3.63) is 28.8 Å². The summed E-state index contributed by atoms with van der Waals surface area (Å²) < 4.78 is 4.62. The van der Waals surface area contributed by atoms with E-state index in [1.807, 2.05) is 0 Å².